The van der Waals surface area contributed by atoms with Gasteiger partial charge in [0, 0.05) is 25.7 Å². The lowest BCUT2D eigenvalue weighted by molar-refractivity contribution is -0.118. The normalized spacial score (nSPS) is 19.1. The number of benzene rings is 1. The van der Waals surface area contributed by atoms with Gasteiger partial charge in [0.1, 0.15) is 22.9 Å². The zero-order chi connectivity index (χ0) is 20.6. The Balaban J connectivity index is 1.46. The summed E-state index contributed by atoms with van der Waals surface area (Å²) in [5.74, 6) is 2.02. The molecular weight excluding hydrogens is 388 g/mol. The third-order valence-electron chi connectivity index (χ3n) is 4.63. The molecule has 2 aromatic rings. The predicted octanol–water partition coefficient (Wildman–Crippen LogP) is 2.55. The second-order valence-corrected chi connectivity index (χ2v) is 8.07. The Labute approximate surface area is 176 Å². The summed E-state index contributed by atoms with van der Waals surface area (Å²) >= 11 is 1.42. The fourth-order valence-electron chi connectivity index (χ4n) is 3.38. The number of carbonyl (C=O) groups is 1. The molecule has 8 heteroatoms. The number of ether oxygens (including phenoxy) is 2. The topological polar surface area (TPSA) is 76.6 Å². The lowest BCUT2D eigenvalue weighted by Crippen LogP contribution is -2.45. The van der Waals surface area contributed by atoms with Crippen molar-refractivity contribution in [3.63, 3.8) is 0 Å². The van der Waals surface area contributed by atoms with Crippen LogP contribution in [0, 0.1) is 0 Å². The summed E-state index contributed by atoms with van der Waals surface area (Å²) in [6.45, 7) is 6.30. The minimum atomic E-state index is -0.0151. The number of nitrogens with one attached hydrogen (secondary N) is 1. The summed E-state index contributed by atoms with van der Waals surface area (Å²) in [5, 5.41) is 3.75. The number of thioether (sulfide) groups is 1. The lowest BCUT2D eigenvalue weighted by atomic mass is 10.1. The van der Waals surface area contributed by atoms with Crippen molar-refractivity contribution in [2.24, 2.45) is 0 Å². The molecule has 2 heterocycles. The average molecular weight is 417 g/mol. The first kappa shape index (κ1) is 21.4. The van der Waals surface area contributed by atoms with Crippen molar-refractivity contribution < 1.29 is 14.3 Å². The molecule has 1 aromatic heterocycles. The Morgan fingerprint density at radius 2 is 2.03 bits per heavy atom. The van der Waals surface area contributed by atoms with Gasteiger partial charge in [-0.25, -0.2) is 9.97 Å². The molecule has 0 bridgehead atoms. The molecule has 7 nitrogen and oxygen atoms in total. The first-order valence-electron chi connectivity index (χ1n) is 9.79. The molecule has 1 aliphatic rings. The van der Waals surface area contributed by atoms with E-state index < -0.39 is 0 Å². The number of para-hydroxylation sites is 1. The smallest absolute Gasteiger partial charge is 0.230 e. The monoisotopic (exact) mass is 416 g/mol. The number of amides is 1. The van der Waals surface area contributed by atoms with Gasteiger partial charge in [-0.05, 0) is 31.9 Å². The van der Waals surface area contributed by atoms with Gasteiger partial charge < -0.3 is 19.7 Å². The number of aromatic nitrogens is 2. The maximum absolute atomic E-state index is 12.2. The summed E-state index contributed by atoms with van der Waals surface area (Å²) < 4.78 is 11.1. The Hall–Kier alpha value is -2.32. The SMILES string of the molecule is COc1ccccc1CCNC(=O)CSc1cc(N2CC(C)OC(C)C2)ncn1. The third-order valence-corrected chi connectivity index (χ3v) is 5.56. The lowest BCUT2D eigenvalue weighted by Gasteiger charge is -2.36. The predicted molar refractivity (Wildman–Crippen MR) is 115 cm³/mol. The zero-order valence-corrected chi connectivity index (χ0v) is 17.9. The molecule has 156 valence electrons. The Morgan fingerprint density at radius 1 is 1.28 bits per heavy atom. The van der Waals surface area contributed by atoms with Crippen LogP contribution in [0.25, 0.3) is 0 Å². The van der Waals surface area contributed by atoms with E-state index >= 15 is 0 Å². The number of nitrogens with zero attached hydrogens (tertiary/aromatic N) is 3. The van der Waals surface area contributed by atoms with Gasteiger partial charge in [-0.2, -0.15) is 0 Å². The molecule has 3 rings (SSSR count). The van der Waals surface area contributed by atoms with Crippen molar-refractivity contribution in [1.82, 2.24) is 15.3 Å². The van der Waals surface area contributed by atoms with Crippen molar-refractivity contribution in [1.29, 1.82) is 0 Å². The van der Waals surface area contributed by atoms with Crippen LogP contribution < -0.4 is 15.0 Å². The van der Waals surface area contributed by atoms with E-state index in [9.17, 15) is 4.79 Å². The van der Waals surface area contributed by atoms with Gasteiger partial charge in [-0.3, -0.25) is 4.79 Å². The maximum atomic E-state index is 12.2. The van der Waals surface area contributed by atoms with Crippen molar-refractivity contribution >= 4 is 23.5 Å². The van der Waals surface area contributed by atoms with Crippen LogP contribution in [0.3, 0.4) is 0 Å². The second kappa shape index (κ2) is 10.5. The molecule has 1 fully saturated rings. The van der Waals surface area contributed by atoms with Gasteiger partial charge in [0.25, 0.3) is 0 Å². The number of hydrogen-bond donors (Lipinski definition) is 1. The number of anilines is 1. The molecule has 0 aliphatic carbocycles. The molecule has 0 spiro atoms. The van der Waals surface area contributed by atoms with Crippen LogP contribution in [0.2, 0.25) is 0 Å². The quantitative estimate of drug-likeness (QED) is 0.523. The van der Waals surface area contributed by atoms with Crippen molar-refractivity contribution in [3.05, 3.63) is 42.2 Å². The Kier molecular flexibility index (Phi) is 7.71. The molecule has 1 saturated heterocycles. The van der Waals surface area contributed by atoms with E-state index in [2.05, 4.69) is 34.0 Å². The number of carbonyl (C=O) groups excluding carboxylic acids is 1. The highest BCUT2D eigenvalue weighted by atomic mass is 32.2. The molecule has 29 heavy (non-hydrogen) atoms. The summed E-state index contributed by atoms with van der Waals surface area (Å²) in [5.41, 5.74) is 1.08. The molecule has 1 N–H and O–H groups in total. The average Bonchev–Trinajstić information content (AvgIpc) is 2.72. The van der Waals surface area contributed by atoms with Crippen LogP contribution >= 0.6 is 11.8 Å². The molecule has 2 unspecified atom stereocenters. The van der Waals surface area contributed by atoms with Gasteiger partial charge in [0.2, 0.25) is 5.91 Å². The first-order valence-corrected chi connectivity index (χ1v) is 10.8. The molecule has 2 atom stereocenters. The Morgan fingerprint density at radius 3 is 2.79 bits per heavy atom. The van der Waals surface area contributed by atoms with E-state index in [0.717, 1.165) is 41.7 Å². The van der Waals surface area contributed by atoms with E-state index in [1.807, 2.05) is 30.3 Å². The minimum Gasteiger partial charge on any atom is -0.496 e. The van der Waals surface area contributed by atoms with Gasteiger partial charge in [-0.15, -0.1) is 0 Å². The maximum Gasteiger partial charge on any atom is 0.230 e. The standard InChI is InChI=1S/C21H28N4O3S/c1-15-11-25(12-16(2)28-15)19-10-21(24-14-23-19)29-13-20(26)22-9-8-17-6-4-5-7-18(17)27-3/h4-7,10,14-16H,8-9,11-13H2,1-3H3,(H,22,26). The van der Waals surface area contributed by atoms with Crippen molar-refractivity contribution in [2.75, 3.05) is 37.4 Å². The van der Waals surface area contributed by atoms with Crippen LogP contribution in [-0.4, -0.2) is 60.6 Å². The largest absolute Gasteiger partial charge is 0.496 e. The number of rotatable bonds is 8. The molecule has 0 radical (unpaired) electrons. The van der Waals surface area contributed by atoms with E-state index in [1.165, 1.54) is 11.8 Å². The Bertz CT molecular complexity index is 810. The molecule has 0 saturated carbocycles. The molecule has 1 aromatic carbocycles. The van der Waals surface area contributed by atoms with Crippen LogP contribution in [0.4, 0.5) is 5.82 Å². The first-order chi connectivity index (χ1) is 14.0. The summed E-state index contributed by atoms with van der Waals surface area (Å²) in [4.78, 5) is 23.1. The summed E-state index contributed by atoms with van der Waals surface area (Å²) in [7, 11) is 1.66. The van der Waals surface area contributed by atoms with Gasteiger partial charge >= 0.3 is 0 Å². The summed E-state index contributed by atoms with van der Waals surface area (Å²) in [6, 6.07) is 9.78. The van der Waals surface area contributed by atoms with Crippen LogP contribution in [0.1, 0.15) is 19.4 Å². The van der Waals surface area contributed by atoms with E-state index in [-0.39, 0.29) is 18.1 Å². The van der Waals surface area contributed by atoms with Gasteiger partial charge in [0.05, 0.1) is 25.1 Å². The van der Waals surface area contributed by atoms with Crippen LogP contribution in [-0.2, 0) is 16.0 Å². The number of morpholine rings is 1. The summed E-state index contributed by atoms with van der Waals surface area (Å²) in [6.07, 6.45) is 2.62. The van der Waals surface area contributed by atoms with E-state index in [0.29, 0.717) is 12.3 Å². The minimum absolute atomic E-state index is 0.0151. The third kappa shape index (κ3) is 6.33. The molecule has 1 aliphatic heterocycles. The highest BCUT2D eigenvalue weighted by molar-refractivity contribution is 7.99. The highest BCUT2D eigenvalue weighted by Crippen LogP contribution is 2.22. The van der Waals surface area contributed by atoms with E-state index in [1.54, 1.807) is 13.4 Å². The number of hydrogen-bond acceptors (Lipinski definition) is 7. The van der Waals surface area contributed by atoms with Crippen molar-refractivity contribution in [3.8, 4) is 5.75 Å². The van der Waals surface area contributed by atoms with E-state index in [4.69, 9.17) is 9.47 Å². The second-order valence-electron chi connectivity index (χ2n) is 7.08. The molecule has 1 amide bonds. The van der Waals surface area contributed by atoms with Crippen molar-refractivity contribution in [2.45, 2.75) is 37.5 Å². The fourth-order valence-corrected chi connectivity index (χ4v) is 4.07. The van der Waals surface area contributed by atoms with Crippen LogP contribution in [0.15, 0.2) is 41.7 Å². The molecular formula is C21H28N4O3S. The van der Waals surface area contributed by atoms with Crippen LogP contribution in [0.5, 0.6) is 5.75 Å². The van der Waals surface area contributed by atoms with Gasteiger partial charge in [-0.1, -0.05) is 30.0 Å². The highest BCUT2D eigenvalue weighted by Gasteiger charge is 2.23. The fraction of sp³-hybridized carbons (Fsp3) is 0.476. The van der Waals surface area contributed by atoms with Gasteiger partial charge in [0.15, 0.2) is 0 Å². The zero-order valence-electron chi connectivity index (χ0n) is 17.1. The number of methoxy groups -OCH3 is 1.